The molecular weight excluding hydrogens is 290 g/mol. The molecule has 4 nitrogen and oxygen atoms in total. The van der Waals surface area contributed by atoms with Crippen molar-refractivity contribution in [2.75, 3.05) is 4.90 Å². The maximum atomic E-state index is 12.8. The molecule has 0 bridgehead atoms. The number of anilines is 1. The fraction of sp³-hybridized carbons (Fsp3) is 0.368. The lowest BCUT2D eigenvalue weighted by molar-refractivity contribution is -0.138. The molecule has 3 rings (SSSR count). The zero-order valence-electron chi connectivity index (χ0n) is 13.6. The molecule has 120 valence electrons. The number of carboxylic acids is 1. The first-order chi connectivity index (χ1) is 10.9. The second kappa shape index (κ2) is 5.37. The zero-order chi connectivity index (χ0) is 16.8. The molecule has 1 heterocycles. The van der Waals surface area contributed by atoms with E-state index in [4.69, 9.17) is 5.11 Å². The summed E-state index contributed by atoms with van der Waals surface area (Å²) in [5.74, 6) is -1.36. The van der Waals surface area contributed by atoms with E-state index in [1.165, 1.54) is 0 Å². The maximum Gasteiger partial charge on any atom is 0.310 e. The Morgan fingerprint density at radius 2 is 2.00 bits per heavy atom. The van der Waals surface area contributed by atoms with Crippen LogP contribution in [0.1, 0.15) is 38.7 Å². The Balaban J connectivity index is 1.94. The molecule has 1 amide bonds. The van der Waals surface area contributed by atoms with Crippen molar-refractivity contribution in [3.8, 4) is 0 Å². The molecule has 23 heavy (non-hydrogen) atoms. The Hall–Kier alpha value is -2.36. The minimum Gasteiger partial charge on any atom is -0.481 e. The van der Waals surface area contributed by atoms with Gasteiger partial charge in [-0.2, -0.15) is 0 Å². The first-order valence-electron chi connectivity index (χ1n) is 7.90. The number of carbonyl (C=O) groups excluding carboxylic acids is 1. The van der Waals surface area contributed by atoms with Gasteiger partial charge in [-0.25, -0.2) is 0 Å². The van der Waals surface area contributed by atoms with E-state index in [0.29, 0.717) is 0 Å². The van der Waals surface area contributed by atoms with Gasteiger partial charge < -0.3 is 10.0 Å². The number of fused-ring (bicyclic) bond motifs is 1. The van der Waals surface area contributed by atoms with Crippen molar-refractivity contribution in [3.05, 3.63) is 53.6 Å². The summed E-state index contributed by atoms with van der Waals surface area (Å²) < 4.78 is 0. The number of aliphatic carboxylic acids is 1. The number of rotatable bonds is 3. The van der Waals surface area contributed by atoms with Crippen molar-refractivity contribution in [2.45, 2.75) is 39.2 Å². The van der Waals surface area contributed by atoms with Crippen molar-refractivity contribution >= 4 is 17.6 Å². The highest BCUT2D eigenvalue weighted by Gasteiger charge is 2.50. The van der Waals surface area contributed by atoms with Gasteiger partial charge in [-0.1, -0.05) is 37.3 Å². The van der Waals surface area contributed by atoms with Crippen molar-refractivity contribution in [2.24, 2.45) is 5.41 Å². The van der Waals surface area contributed by atoms with Crippen LogP contribution in [-0.2, 0) is 9.59 Å². The Morgan fingerprint density at radius 3 is 2.57 bits per heavy atom. The largest absolute Gasteiger partial charge is 0.481 e. The number of hydrogen-bond acceptors (Lipinski definition) is 2. The van der Waals surface area contributed by atoms with Crippen LogP contribution < -0.4 is 4.90 Å². The smallest absolute Gasteiger partial charge is 0.310 e. The van der Waals surface area contributed by atoms with E-state index in [-0.39, 0.29) is 17.4 Å². The van der Waals surface area contributed by atoms with Crippen LogP contribution in [0.5, 0.6) is 0 Å². The number of carboxylic acid groups (broad SMARTS) is 1. The van der Waals surface area contributed by atoms with Crippen molar-refractivity contribution < 1.29 is 14.7 Å². The SMILES string of the molecule is CC(C(=O)O)c1ccc(N2C(=O)C3=CC=CCC3(C)C2C)cc1. The summed E-state index contributed by atoms with van der Waals surface area (Å²) in [4.78, 5) is 25.7. The summed E-state index contributed by atoms with van der Waals surface area (Å²) in [6.07, 6.45) is 6.83. The third-order valence-corrected chi connectivity index (χ3v) is 5.36. The number of nitrogens with zero attached hydrogens (tertiary/aromatic N) is 1. The minimum atomic E-state index is -0.849. The Bertz CT molecular complexity index is 717. The summed E-state index contributed by atoms with van der Waals surface area (Å²) in [7, 11) is 0. The summed E-state index contributed by atoms with van der Waals surface area (Å²) in [6.45, 7) is 5.87. The number of hydrogen-bond donors (Lipinski definition) is 1. The topological polar surface area (TPSA) is 57.6 Å². The number of carbonyl (C=O) groups is 2. The first-order valence-corrected chi connectivity index (χ1v) is 7.90. The second-order valence-electron chi connectivity index (χ2n) is 6.63. The van der Waals surface area contributed by atoms with E-state index in [0.717, 1.165) is 23.2 Å². The van der Waals surface area contributed by atoms with E-state index in [9.17, 15) is 9.59 Å². The number of amides is 1. The van der Waals surface area contributed by atoms with Gasteiger partial charge in [-0.05, 0) is 38.0 Å². The fourth-order valence-corrected chi connectivity index (χ4v) is 3.49. The monoisotopic (exact) mass is 311 g/mol. The average Bonchev–Trinajstić information content (AvgIpc) is 2.74. The van der Waals surface area contributed by atoms with Gasteiger partial charge >= 0.3 is 5.97 Å². The molecule has 0 spiro atoms. The van der Waals surface area contributed by atoms with Gasteiger partial charge in [-0.3, -0.25) is 9.59 Å². The standard InChI is InChI=1S/C19H21NO3/c1-12(18(22)23)14-7-9-15(10-8-14)20-13(2)19(3)11-5-4-6-16(19)17(20)21/h4-10,12-13H,11H2,1-3H3,(H,22,23). The lowest BCUT2D eigenvalue weighted by Gasteiger charge is -2.32. The molecular formula is C19H21NO3. The summed E-state index contributed by atoms with van der Waals surface area (Å²) in [6, 6.07) is 7.35. The lowest BCUT2D eigenvalue weighted by atomic mass is 9.74. The molecule has 3 atom stereocenters. The van der Waals surface area contributed by atoms with Crippen molar-refractivity contribution in [1.29, 1.82) is 0 Å². The highest BCUT2D eigenvalue weighted by molar-refractivity contribution is 6.10. The molecule has 1 aliphatic carbocycles. The molecule has 1 aromatic carbocycles. The molecule has 1 fully saturated rings. The van der Waals surface area contributed by atoms with Gasteiger partial charge in [-0.15, -0.1) is 0 Å². The molecule has 1 N–H and O–H groups in total. The van der Waals surface area contributed by atoms with Crippen molar-refractivity contribution in [3.63, 3.8) is 0 Å². The molecule has 0 saturated carbocycles. The molecule has 2 aliphatic rings. The van der Waals surface area contributed by atoms with Crippen LogP contribution in [0.3, 0.4) is 0 Å². The predicted molar refractivity (Wildman–Crippen MR) is 89.4 cm³/mol. The maximum absolute atomic E-state index is 12.8. The first kappa shape index (κ1) is 15.5. The summed E-state index contributed by atoms with van der Waals surface area (Å²) >= 11 is 0. The van der Waals surface area contributed by atoms with Gasteiger partial charge in [0, 0.05) is 22.7 Å². The fourth-order valence-electron chi connectivity index (χ4n) is 3.49. The van der Waals surface area contributed by atoms with Gasteiger partial charge in [0.05, 0.1) is 5.92 Å². The van der Waals surface area contributed by atoms with E-state index in [2.05, 4.69) is 19.9 Å². The third-order valence-electron chi connectivity index (χ3n) is 5.36. The molecule has 1 aromatic rings. The molecule has 1 aliphatic heterocycles. The van der Waals surface area contributed by atoms with Crippen LogP contribution in [0.4, 0.5) is 5.69 Å². The van der Waals surface area contributed by atoms with Gasteiger partial charge in [0.2, 0.25) is 0 Å². The second-order valence-corrected chi connectivity index (χ2v) is 6.63. The highest BCUT2D eigenvalue weighted by atomic mass is 16.4. The Kier molecular flexibility index (Phi) is 3.63. The lowest BCUT2D eigenvalue weighted by Crippen LogP contribution is -2.37. The van der Waals surface area contributed by atoms with E-state index >= 15 is 0 Å². The molecule has 0 radical (unpaired) electrons. The van der Waals surface area contributed by atoms with Crippen molar-refractivity contribution in [1.82, 2.24) is 0 Å². The van der Waals surface area contributed by atoms with Crippen LogP contribution in [-0.4, -0.2) is 23.0 Å². The van der Waals surface area contributed by atoms with Crippen LogP contribution in [0, 0.1) is 5.41 Å². The van der Waals surface area contributed by atoms with Crippen LogP contribution in [0.15, 0.2) is 48.1 Å². The quantitative estimate of drug-likeness (QED) is 0.929. The van der Waals surface area contributed by atoms with Crippen LogP contribution in [0.25, 0.3) is 0 Å². The Labute approximate surface area is 136 Å². The average molecular weight is 311 g/mol. The van der Waals surface area contributed by atoms with Gasteiger partial charge in [0.1, 0.15) is 0 Å². The van der Waals surface area contributed by atoms with E-state index in [1.54, 1.807) is 19.1 Å². The number of benzene rings is 1. The molecule has 4 heteroatoms. The van der Waals surface area contributed by atoms with Crippen LogP contribution in [0.2, 0.25) is 0 Å². The summed E-state index contributed by atoms with van der Waals surface area (Å²) in [5.41, 5.74) is 2.25. The minimum absolute atomic E-state index is 0.0448. The molecule has 3 unspecified atom stereocenters. The van der Waals surface area contributed by atoms with E-state index < -0.39 is 11.9 Å². The van der Waals surface area contributed by atoms with Crippen LogP contribution >= 0.6 is 0 Å². The summed E-state index contributed by atoms with van der Waals surface area (Å²) in [5, 5.41) is 9.10. The third kappa shape index (κ3) is 2.29. The predicted octanol–water partition coefficient (Wildman–Crippen LogP) is 3.50. The zero-order valence-corrected chi connectivity index (χ0v) is 13.6. The highest BCUT2D eigenvalue weighted by Crippen LogP contribution is 2.48. The van der Waals surface area contributed by atoms with Gasteiger partial charge in [0.15, 0.2) is 0 Å². The normalized spacial score (nSPS) is 27.6. The molecule has 1 saturated heterocycles. The molecule has 0 aromatic heterocycles. The Morgan fingerprint density at radius 1 is 1.35 bits per heavy atom. The van der Waals surface area contributed by atoms with E-state index in [1.807, 2.05) is 29.2 Å². The van der Waals surface area contributed by atoms with Gasteiger partial charge in [0.25, 0.3) is 5.91 Å². The number of allylic oxidation sites excluding steroid dienone is 3.